The van der Waals surface area contributed by atoms with E-state index in [1.165, 1.54) is 11.1 Å². The van der Waals surface area contributed by atoms with Crippen LogP contribution in [0.5, 0.6) is 5.75 Å². The van der Waals surface area contributed by atoms with E-state index in [-0.39, 0.29) is 5.92 Å². The van der Waals surface area contributed by atoms with Crippen molar-refractivity contribution in [3.05, 3.63) is 66.0 Å². The Balaban J connectivity index is 1.16. The highest BCUT2D eigenvalue weighted by Crippen LogP contribution is 2.52. The van der Waals surface area contributed by atoms with Crippen molar-refractivity contribution in [2.24, 2.45) is 11.8 Å². The van der Waals surface area contributed by atoms with Gasteiger partial charge in [0.05, 0.1) is 23.7 Å². The van der Waals surface area contributed by atoms with Crippen molar-refractivity contribution < 1.29 is 9.84 Å². The maximum atomic E-state index is 11.6. The van der Waals surface area contributed by atoms with Gasteiger partial charge in [0.1, 0.15) is 11.6 Å². The number of nitrogens with zero attached hydrogens (tertiary/aromatic N) is 2. The van der Waals surface area contributed by atoms with E-state index < -0.39 is 5.60 Å². The molecule has 0 spiro atoms. The second kappa shape index (κ2) is 9.32. The van der Waals surface area contributed by atoms with Gasteiger partial charge in [0.15, 0.2) is 0 Å². The molecule has 1 saturated carbocycles. The molecular weight excluding hydrogens is 410 g/mol. The predicted octanol–water partition coefficient (Wildman–Crippen LogP) is 5.07. The third kappa shape index (κ3) is 4.57. The molecule has 174 valence electrons. The zero-order valence-corrected chi connectivity index (χ0v) is 19.8. The SMILES string of the molecule is COc1ccccc1C1=C[C@H]2CC[C@@H]1C[C@@]2(O)CCN(C)CCCc1nc2ccccc2[nH]1. The van der Waals surface area contributed by atoms with Crippen molar-refractivity contribution in [1.82, 2.24) is 14.9 Å². The fraction of sp³-hybridized carbons (Fsp3) is 0.464. The van der Waals surface area contributed by atoms with Crippen molar-refractivity contribution in [2.45, 2.75) is 44.1 Å². The van der Waals surface area contributed by atoms with Gasteiger partial charge in [0, 0.05) is 24.4 Å². The van der Waals surface area contributed by atoms with E-state index in [0.717, 1.165) is 74.2 Å². The zero-order chi connectivity index (χ0) is 22.8. The Hall–Kier alpha value is -2.63. The summed E-state index contributed by atoms with van der Waals surface area (Å²) in [6, 6.07) is 16.5. The molecule has 0 aliphatic heterocycles. The van der Waals surface area contributed by atoms with E-state index in [4.69, 9.17) is 4.74 Å². The van der Waals surface area contributed by atoms with Crippen LogP contribution in [0.15, 0.2) is 54.6 Å². The highest BCUT2D eigenvalue weighted by Gasteiger charge is 2.46. The Labute approximate surface area is 196 Å². The number of fused-ring (bicyclic) bond motifs is 3. The van der Waals surface area contributed by atoms with Gasteiger partial charge in [-0.3, -0.25) is 0 Å². The fourth-order valence-electron chi connectivity index (χ4n) is 5.80. The van der Waals surface area contributed by atoms with Crippen LogP contribution in [0.3, 0.4) is 0 Å². The number of H-pyrrole nitrogens is 1. The number of imidazole rings is 1. The molecule has 33 heavy (non-hydrogen) atoms. The lowest BCUT2D eigenvalue weighted by Crippen LogP contribution is -2.48. The minimum absolute atomic E-state index is 0.228. The maximum Gasteiger partial charge on any atom is 0.126 e. The first-order valence-corrected chi connectivity index (χ1v) is 12.3. The van der Waals surface area contributed by atoms with Crippen molar-refractivity contribution in [3.8, 4) is 5.75 Å². The highest BCUT2D eigenvalue weighted by molar-refractivity contribution is 5.75. The number of hydrogen-bond donors (Lipinski definition) is 2. The first-order chi connectivity index (χ1) is 16.1. The predicted molar refractivity (Wildman–Crippen MR) is 133 cm³/mol. The maximum absolute atomic E-state index is 11.6. The Morgan fingerprint density at radius 1 is 1.12 bits per heavy atom. The summed E-state index contributed by atoms with van der Waals surface area (Å²) in [5, 5.41) is 11.6. The lowest BCUT2D eigenvalue weighted by molar-refractivity contribution is -0.0574. The number of nitrogens with one attached hydrogen (secondary N) is 1. The standard InChI is InChI=1S/C28H35N3O2/c1-31(16-7-12-27-29-24-9-4-5-10-25(24)30-27)17-15-28(32)19-20-13-14-21(28)18-23(20)22-8-3-6-11-26(22)33-2/h3-6,8-11,18,20-21,32H,7,12-17,19H2,1-2H3,(H,29,30)/t20-,21-,28+/m1/s1. The summed E-state index contributed by atoms with van der Waals surface area (Å²) in [6.45, 7) is 1.92. The van der Waals surface area contributed by atoms with Crippen LogP contribution < -0.4 is 4.74 Å². The first kappa shape index (κ1) is 22.2. The van der Waals surface area contributed by atoms with E-state index in [0.29, 0.717) is 5.92 Å². The van der Waals surface area contributed by atoms with Gasteiger partial charge in [-0.15, -0.1) is 0 Å². The lowest BCUT2D eigenvalue weighted by Gasteiger charge is -2.48. The van der Waals surface area contributed by atoms with Crippen molar-refractivity contribution >= 4 is 16.6 Å². The van der Waals surface area contributed by atoms with Crippen molar-refractivity contribution in [3.63, 3.8) is 0 Å². The number of benzene rings is 2. The Morgan fingerprint density at radius 2 is 1.94 bits per heavy atom. The summed E-state index contributed by atoms with van der Waals surface area (Å²) in [5.41, 5.74) is 4.11. The summed E-state index contributed by atoms with van der Waals surface area (Å²) < 4.78 is 5.61. The molecule has 5 heteroatoms. The van der Waals surface area contributed by atoms with Crippen LogP contribution in [-0.2, 0) is 6.42 Å². The lowest BCUT2D eigenvalue weighted by atomic mass is 9.61. The zero-order valence-electron chi connectivity index (χ0n) is 19.8. The van der Waals surface area contributed by atoms with Crippen LogP contribution in [0.25, 0.3) is 16.6 Å². The second-order valence-corrected chi connectivity index (χ2v) is 9.87. The molecule has 3 aliphatic carbocycles. The average Bonchev–Trinajstić information content (AvgIpc) is 3.26. The molecule has 1 fully saturated rings. The van der Waals surface area contributed by atoms with Crippen LogP contribution in [0.1, 0.15) is 43.5 Å². The molecule has 3 aromatic rings. The molecule has 0 unspecified atom stereocenters. The van der Waals surface area contributed by atoms with Gasteiger partial charge in [-0.05, 0) is 75.4 Å². The van der Waals surface area contributed by atoms with E-state index in [9.17, 15) is 5.11 Å². The molecule has 0 amide bonds. The quantitative estimate of drug-likeness (QED) is 0.483. The molecular formula is C28H35N3O2. The Morgan fingerprint density at radius 3 is 2.73 bits per heavy atom. The van der Waals surface area contributed by atoms with E-state index >= 15 is 0 Å². The number of rotatable bonds is 9. The number of allylic oxidation sites excluding steroid dienone is 1. The second-order valence-electron chi connectivity index (χ2n) is 9.87. The molecule has 0 saturated heterocycles. The van der Waals surface area contributed by atoms with Gasteiger partial charge in [-0.2, -0.15) is 0 Å². The third-order valence-electron chi connectivity index (χ3n) is 7.67. The average molecular weight is 446 g/mol. The molecule has 2 bridgehead atoms. The van der Waals surface area contributed by atoms with E-state index in [2.05, 4.69) is 46.2 Å². The normalized spacial score (nSPS) is 24.4. The largest absolute Gasteiger partial charge is 0.496 e. The smallest absolute Gasteiger partial charge is 0.126 e. The van der Waals surface area contributed by atoms with Gasteiger partial charge in [-0.25, -0.2) is 4.98 Å². The Bertz CT molecular complexity index is 1100. The monoisotopic (exact) mass is 445 g/mol. The van der Waals surface area contributed by atoms with Gasteiger partial charge in [0.2, 0.25) is 0 Å². The number of aliphatic hydroxyl groups is 1. The number of aryl methyl sites for hydroxylation is 1. The molecule has 5 nitrogen and oxygen atoms in total. The molecule has 3 aliphatic rings. The van der Waals surface area contributed by atoms with E-state index in [1.54, 1.807) is 7.11 Å². The first-order valence-electron chi connectivity index (χ1n) is 12.3. The summed E-state index contributed by atoms with van der Waals surface area (Å²) in [7, 11) is 3.90. The van der Waals surface area contributed by atoms with Gasteiger partial charge in [0.25, 0.3) is 0 Å². The minimum atomic E-state index is -0.596. The molecule has 3 atom stereocenters. The third-order valence-corrected chi connectivity index (χ3v) is 7.67. The molecule has 0 radical (unpaired) electrons. The molecule has 2 N–H and O–H groups in total. The van der Waals surface area contributed by atoms with Crippen molar-refractivity contribution in [2.75, 3.05) is 27.2 Å². The summed E-state index contributed by atoms with van der Waals surface area (Å²) >= 11 is 0. The van der Waals surface area contributed by atoms with Crippen molar-refractivity contribution in [1.29, 1.82) is 0 Å². The fourth-order valence-corrected chi connectivity index (χ4v) is 5.80. The topological polar surface area (TPSA) is 61.4 Å². The van der Waals surface area contributed by atoms with E-state index in [1.807, 2.05) is 30.3 Å². The number of ether oxygens (including phenoxy) is 1. The highest BCUT2D eigenvalue weighted by atomic mass is 16.5. The summed E-state index contributed by atoms with van der Waals surface area (Å²) in [4.78, 5) is 10.5. The van der Waals surface area contributed by atoms with Crippen LogP contribution in [0.4, 0.5) is 0 Å². The van der Waals surface area contributed by atoms with Crippen LogP contribution in [0.2, 0.25) is 0 Å². The van der Waals surface area contributed by atoms with Gasteiger partial charge >= 0.3 is 0 Å². The summed E-state index contributed by atoms with van der Waals surface area (Å²) in [6.07, 6.45) is 8.26. The minimum Gasteiger partial charge on any atom is -0.496 e. The molecule has 1 heterocycles. The summed E-state index contributed by atoms with van der Waals surface area (Å²) in [5.74, 6) is 2.63. The molecule has 2 aromatic carbocycles. The number of hydrogen-bond acceptors (Lipinski definition) is 4. The number of aromatic amines is 1. The van der Waals surface area contributed by atoms with Crippen LogP contribution in [-0.4, -0.2) is 52.8 Å². The molecule has 1 aromatic heterocycles. The van der Waals surface area contributed by atoms with Crippen LogP contribution in [0, 0.1) is 11.8 Å². The van der Waals surface area contributed by atoms with Crippen LogP contribution >= 0.6 is 0 Å². The Kier molecular flexibility index (Phi) is 6.26. The van der Waals surface area contributed by atoms with Gasteiger partial charge in [-0.1, -0.05) is 36.4 Å². The molecule has 6 rings (SSSR count). The van der Waals surface area contributed by atoms with Gasteiger partial charge < -0.3 is 19.7 Å². The number of methoxy groups -OCH3 is 1. The number of para-hydroxylation sites is 3. The number of aromatic nitrogens is 2.